The summed E-state index contributed by atoms with van der Waals surface area (Å²) in [6.45, 7) is 0.315. The lowest BCUT2D eigenvalue weighted by Gasteiger charge is -2.02. The third kappa shape index (κ3) is 2.04. The van der Waals surface area contributed by atoms with Crippen LogP contribution in [0, 0.1) is 9.39 Å². The van der Waals surface area contributed by atoms with E-state index >= 15 is 0 Å². The maximum atomic E-state index is 12.9. The van der Waals surface area contributed by atoms with E-state index in [1.807, 2.05) is 22.6 Å². The van der Waals surface area contributed by atoms with Crippen LogP contribution in [0.4, 0.5) is 4.39 Å². The van der Waals surface area contributed by atoms with Crippen molar-refractivity contribution in [3.05, 3.63) is 32.1 Å². The van der Waals surface area contributed by atoms with E-state index in [0.717, 1.165) is 5.56 Å². The molecule has 1 aromatic carbocycles. The molecule has 1 nitrogen and oxygen atoms in total. The molecule has 0 heterocycles. The van der Waals surface area contributed by atoms with Gasteiger partial charge in [-0.2, -0.15) is 0 Å². The second kappa shape index (κ2) is 3.69. The standard InChI is InChI=1S/C7H6ClFIN/c8-5-1-4(3-11)7(10)6(9)2-5/h1-2H,3,11H2. The van der Waals surface area contributed by atoms with Crippen molar-refractivity contribution in [2.45, 2.75) is 6.54 Å². The Kier molecular flexibility index (Phi) is 3.09. The fourth-order valence-electron chi connectivity index (χ4n) is 0.758. The van der Waals surface area contributed by atoms with Crippen molar-refractivity contribution in [2.75, 3.05) is 0 Å². The minimum atomic E-state index is -0.307. The molecule has 0 unspecified atom stereocenters. The fraction of sp³-hybridized carbons (Fsp3) is 0.143. The maximum absolute atomic E-state index is 12.9. The summed E-state index contributed by atoms with van der Waals surface area (Å²) in [5, 5.41) is 0.392. The van der Waals surface area contributed by atoms with Gasteiger partial charge in [0.2, 0.25) is 0 Å². The molecular formula is C7H6ClFIN. The van der Waals surface area contributed by atoms with E-state index in [0.29, 0.717) is 15.1 Å². The Morgan fingerprint density at radius 2 is 2.18 bits per heavy atom. The van der Waals surface area contributed by atoms with Gasteiger partial charge >= 0.3 is 0 Å². The quantitative estimate of drug-likeness (QED) is 0.623. The van der Waals surface area contributed by atoms with Crippen molar-refractivity contribution in [1.29, 1.82) is 0 Å². The molecule has 0 fully saturated rings. The first-order valence-corrected chi connectivity index (χ1v) is 4.44. The number of nitrogens with two attached hydrogens (primary N) is 1. The third-order valence-electron chi connectivity index (χ3n) is 1.29. The minimum Gasteiger partial charge on any atom is -0.326 e. The normalized spacial score (nSPS) is 10.2. The molecule has 0 aliphatic carbocycles. The average molecular weight is 285 g/mol. The molecule has 11 heavy (non-hydrogen) atoms. The zero-order chi connectivity index (χ0) is 8.43. The summed E-state index contributed by atoms with van der Waals surface area (Å²) in [5.41, 5.74) is 6.10. The second-order valence-corrected chi connectivity index (χ2v) is 3.58. The lowest BCUT2D eigenvalue weighted by atomic mass is 10.2. The Hall–Kier alpha value is 0.130. The monoisotopic (exact) mass is 285 g/mol. The molecule has 0 saturated carbocycles. The average Bonchev–Trinajstić information content (AvgIpc) is 1.96. The van der Waals surface area contributed by atoms with Crippen LogP contribution in [0.25, 0.3) is 0 Å². The van der Waals surface area contributed by atoms with E-state index in [2.05, 4.69) is 0 Å². The highest BCUT2D eigenvalue weighted by Crippen LogP contribution is 2.21. The zero-order valence-corrected chi connectivity index (χ0v) is 8.49. The summed E-state index contributed by atoms with van der Waals surface area (Å²) in [5.74, 6) is -0.307. The number of hydrogen-bond acceptors (Lipinski definition) is 1. The lowest BCUT2D eigenvalue weighted by Crippen LogP contribution is -2.00. The van der Waals surface area contributed by atoms with Gasteiger partial charge in [-0.1, -0.05) is 11.6 Å². The van der Waals surface area contributed by atoms with Gasteiger partial charge in [0.05, 0.1) is 3.57 Å². The molecule has 1 aromatic rings. The predicted octanol–water partition coefficient (Wildman–Crippen LogP) is 2.54. The molecule has 0 aliphatic rings. The van der Waals surface area contributed by atoms with Crippen molar-refractivity contribution in [3.8, 4) is 0 Å². The van der Waals surface area contributed by atoms with Gasteiger partial charge in [0.15, 0.2) is 0 Å². The molecule has 4 heteroatoms. The SMILES string of the molecule is NCc1cc(Cl)cc(F)c1I. The largest absolute Gasteiger partial charge is 0.326 e. The van der Waals surface area contributed by atoms with Crippen LogP contribution in [0.5, 0.6) is 0 Å². The number of halogens is 3. The summed E-state index contributed by atoms with van der Waals surface area (Å²) in [6, 6.07) is 2.95. The summed E-state index contributed by atoms with van der Waals surface area (Å²) in [4.78, 5) is 0. The van der Waals surface area contributed by atoms with Crippen molar-refractivity contribution in [3.63, 3.8) is 0 Å². The van der Waals surface area contributed by atoms with Gasteiger partial charge < -0.3 is 5.73 Å². The van der Waals surface area contributed by atoms with Gasteiger partial charge in [-0.25, -0.2) is 4.39 Å². The molecule has 0 atom stereocenters. The second-order valence-electron chi connectivity index (χ2n) is 2.06. The smallest absolute Gasteiger partial charge is 0.138 e. The molecule has 0 bridgehead atoms. The molecule has 0 spiro atoms. The first-order valence-electron chi connectivity index (χ1n) is 2.98. The number of benzene rings is 1. The van der Waals surface area contributed by atoms with Gasteiger partial charge in [-0.15, -0.1) is 0 Å². The zero-order valence-electron chi connectivity index (χ0n) is 5.57. The van der Waals surface area contributed by atoms with E-state index in [4.69, 9.17) is 17.3 Å². The molecule has 0 aliphatic heterocycles. The Labute approximate surface area is 82.9 Å². The summed E-state index contributed by atoms with van der Waals surface area (Å²) < 4.78 is 13.4. The molecule has 60 valence electrons. The fourth-order valence-corrected chi connectivity index (χ4v) is 1.52. The van der Waals surface area contributed by atoms with E-state index in [9.17, 15) is 4.39 Å². The number of hydrogen-bond donors (Lipinski definition) is 1. The van der Waals surface area contributed by atoms with Crippen LogP contribution in [-0.4, -0.2) is 0 Å². The van der Waals surface area contributed by atoms with E-state index in [-0.39, 0.29) is 5.82 Å². The van der Waals surface area contributed by atoms with Crippen LogP contribution in [0.15, 0.2) is 12.1 Å². The predicted molar refractivity (Wildman–Crippen MR) is 52.0 cm³/mol. The van der Waals surface area contributed by atoms with Crippen molar-refractivity contribution in [1.82, 2.24) is 0 Å². The Bertz CT molecular complexity index is 277. The van der Waals surface area contributed by atoms with Crippen LogP contribution in [-0.2, 0) is 6.54 Å². The van der Waals surface area contributed by atoms with Gasteiger partial charge in [0.1, 0.15) is 5.82 Å². The maximum Gasteiger partial charge on any atom is 0.138 e. The Morgan fingerprint density at radius 3 is 2.73 bits per heavy atom. The Morgan fingerprint density at radius 1 is 1.55 bits per heavy atom. The van der Waals surface area contributed by atoms with E-state index < -0.39 is 0 Å². The summed E-state index contributed by atoms with van der Waals surface area (Å²) >= 11 is 7.51. The van der Waals surface area contributed by atoms with Gasteiger partial charge in [0, 0.05) is 11.6 Å². The van der Waals surface area contributed by atoms with E-state index in [1.54, 1.807) is 6.07 Å². The summed E-state index contributed by atoms with van der Waals surface area (Å²) in [6.07, 6.45) is 0. The molecule has 0 saturated heterocycles. The first-order chi connectivity index (χ1) is 5.15. The van der Waals surface area contributed by atoms with Gasteiger partial charge in [0.25, 0.3) is 0 Å². The van der Waals surface area contributed by atoms with Crippen LogP contribution < -0.4 is 5.73 Å². The molecular weight excluding hydrogens is 279 g/mol. The highest BCUT2D eigenvalue weighted by Gasteiger charge is 2.05. The van der Waals surface area contributed by atoms with Crippen LogP contribution in [0.1, 0.15) is 5.56 Å². The van der Waals surface area contributed by atoms with Crippen LogP contribution >= 0.6 is 34.2 Å². The summed E-state index contributed by atoms with van der Waals surface area (Å²) in [7, 11) is 0. The van der Waals surface area contributed by atoms with Crippen LogP contribution in [0.3, 0.4) is 0 Å². The molecule has 1 rings (SSSR count). The van der Waals surface area contributed by atoms with Crippen molar-refractivity contribution >= 4 is 34.2 Å². The van der Waals surface area contributed by atoms with Gasteiger partial charge in [-0.3, -0.25) is 0 Å². The van der Waals surface area contributed by atoms with Gasteiger partial charge in [-0.05, 0) is 40.3 Å². The number of rotatable bonds is 1. The highest BCUT2D eigenvalue weighted by atomic mass is 127. The molecule has 2 N–H and O–H groups in total. The lowest BCUT2D eigenvalue weighted by molar-refractivity contribution is 0.617. The molecule has 0 aromatic heterocycles. The first kappa shape index (κ1) is 9.22. The van der Waals surface area contributed by atoms with Crippen LogP contribution in [0.2, 0.25) is 5.02 Å². The van der Waals surface area contributed by atoms with E-state index in [1.165, 1.54) is 6.07 Å². The minimum absolute atomic E-state index is 0.307. The topological polar surface area (TPSA) is 26.0 Å². The van der Waals surface area contributed by atoms with Crippen molar-refractivity contribution < 1.29 is 4.39 Å². The molecule has 0 radical (unpaired) electrons. The highest BCUT2D eigenvalue weighted by molar-refractivity contribution is 14.1. The Balaban J connectivity index is 3.24. The third-order valence-corrected chi connectivity index (χ3v) is 2.71. The van der Waals surface area contributed by atoms with Crippen molar-refractivity contribution in [2.24, 2.45) is 5.73 Å². The molecule has 0 amide bonds.